The lowest BCUT2D eigenvalue weighted by atomic mass is 9.68. The summed E-state index contributed by atoms with van der Waals surface area (Å²) in [5.74, 6) is 1.06. The van der Waals surface area contributed by atoms with Gasteiger partial charge in [-0.3, -0.25) is 9.97 Å². The van der Waals surface area contributed by atoms with Crippen LogP contribution in [0.3, 0.4) is 0 Å². The second-order valence-corrected chi connectivity index (χ2v) is 6.91. The summed E-state index contributed by atoms with van der Waals surface area (Å²) in [7, 11) is 0. The molecule has 28 heavy (non-hydrogen) atoms. The van der Waals surface area contributed by atoms with Crippen LogP contribution in [0.1, 0.15) is 22.5 Å². The zero-order valence-corrected chi connectivity index (χ0v) is 15.8. The third kappa shape index (κ3) is 3.44. The Hall–Kier alpha value is -3.31. The van der Waals surface area contributed by atoms with Gasteiger partial charge in [-0.05, 0) is 47.0 Å². The highest BCUT2D eigenvalue weighted by molar-refractivity contribution is 6.30. The molecule has 5 nitrogen and oxygen atoms in total. The number of pyridine rings is 2. The summed E-state index contributed by atoms with van der Waals surface area (Å²) < 4.78 is 0. The lowest BCUT2D eigenvalue weighted by molar-refractivity contribution is 0.586. The van der Waals surface area contributed by atoms with E-state index in [1.54, 1.807) is 24.7 Å². The van der Waals surface area contributed by atoms with Gasteiger partial charge in [0, 0.05) is 42.4 Å². The normalized spacial score (nSPS) is 11.3. The molecule has 0 atom stereocenters. The van der Waals surface area contributed by atoms with E-state index >= 15 is 0 Å². The van der Waals surface area contributed by atoms with Crippen LogP contribution in [0.4, 0.5) is 5.82 Å². The Morgan fingerprint density at radius 3 is 2.07 bits per heavy atom. The van der Waals surface area contributed by atoms with Crippen molar-refractivity contribution in [3.63, 3.8) is 0 Å². The number of aromatic nitrogens is 4. The number of hydrogen-bond donors (Lipinski definition) is 1. The third-order valence-corrected chi connectivity index (χ3v) is 5.01. The van der Waals surface area contributed by atoms with E-state index in [0.717, 1.165) is 16.7 Å². The molecule has 1 aromatic carbocycles. The number of nitrogens with zero attached hydrogens (tertiary/aromatic N) is 4. The molecule has 0 aliphatic heterocycles. The first kappa shape index (κ1) is 18.1. The van der Waals surface area contributed by atoms with Gasteiger partial charge in [0.05, 0.1) is 5.41 Å². The first-order valence-electron chi connectivity index (χ1n) is 8.83. The van der Waals surface area contributed by atoms with Gasteiger partial charge < -0.3 is 5.73 Å². The number of hydrogen-bond acceptors (Lipinski definition) is 5. The number of benzene rings is 1. The summed E-state index contributed by atoms with van der Waals surface area (Å²) in [4.78, 5) is 17.6. The number of nitrogen functional groups attached to an aromatic ring is 1. The third-order valence-electron chi connectivity index (χ3n) is 4.78. The van der Waals surface area contributed by atoms with Crippen molar-refractivity contribution in [1.29, 1.82) is 0 Å². The van der Waals surface area contributed by atoms with Gasteiger partial charge in [-0.25, -0.2) is 9.97 Å². The smallest absolute Gasteiger partial charge is 0.132 e. The fourth-order valence-corrected chi connectivity index (χ4v) is 3.72. The molecule has 0 amide bonds. The molecule has 0 bridgehead atoms. The van der Waals surface area contributed by atoms with Gasteiger partial charge in [0.15, 0.2) is 0 Å². The molecule has 0 saturated carbocycles. The first-order valence-corrected chi connectivity index (χ1v) is 9.21. The van der Waals surface area contributed by atoms with Gasteiger partial charge >= 0.3 is 0 Å². The first-order chi connectivity index (χ1) is 13.7. The van der Waals surface area contributed by atoms with Gasteiger partial charge in [0.25, 0.3) is 0 Å². The Labute approximate surface area is 168 Å². The Morgan fingerprint density at radius 1 is 0.821 bits per heavy atom. The molecule has 0 fully saturated rings. The van der Waals surface area contributed by atoms with Crippen molar-refractivity contribution in [1.82, 2.24) is 19.9 Å². The van der Waals surface area contributed by atoms with E-state index in [4.69, 9.17) is 17.3 Å². The number of nitrogens with two attached hydrogens (primary N) is 1. The van der Waals surface area contributed by atoms with Gasteiger partial charge in [-0.2, -0.15) is 0 Å². The van der Waals surface area contributed by atoms with Crippen LogP contribution >= 0.6 is 11.6 Å². The summed E-state index contributed by atoms with van der Waals surface area (Å²) >= 11 is 6.37. The largest absolute Gasteiger partial charge is 0.384 e. The average Bonchev–Trinajstić information content (AvgIpc) is 2.73. The quantitative estimate of drug-likeness (QED) is 0.558. The van der Waals surface area contributed by atoms with Crippen molar-refractivity contribution in [3.05, 3.63) is 113 Å². The van der Waals surface area contributed by atoms with Crippen LogP contribution in [0.5, 0.6) is 0 Å². The maximum Gasteiger partial charge on any atom is 0.132 e. The molecule has 2 N–H and O–H groups in total. The van der Waals surface area contributed by atoms with Crippen LogP contribution < -0.4 is 5.73 Å². The fourth-order valence-electron chi connectivity index (χ4n) is 3.53. The Kier molecular flexibility index (Phi) is 5.00. The molecular formula is C22H18ClN5. The highest BCUT2D eigenvalue weighted by Gasteiger charge is 2.38. The minimum Gasteiger partial charge on any atom is -0.384 e. The minimum absolute atomic E-state index is 0.433. The van der Waals surface area contributed by atoms with Crippen LogP contribution in [0, 0.1) is 0 Å². The zero-order chi connectivity index (χ0) is 19.4. The Bertz CT molecular complexity index is 1030. The van der Waals surface area contributed by atoms with E-state index in [9.17, 15) is 0 Å². The van der Waals surface area contributed by atoms with E-state index in [2.05, 4.69) is 26.0 Å². The summed E-state index contributed by atoms with van der Waals surface area (Å²) in [5, 5.41) is 0.656. The number of rotatable bonds is 5. The molecule has 0 spiro atoms. The minimum atomic E-state index is -0.624. The van der Waals surface area contributed by atoms with E-state index < -0.39 is 5.41 Å². The van der Waals surface area contributed by atoms with Crippen LogP contribution in [0.2, 0.25) is 5.02 Å². The molecule has 6 heteroatoms. The lowest BCUT2D eigenvalue weighted by Crippen LogP contribution is -2.33. The van der Waals surface area contributed by atoms with Crippen molar-refractivity contribution in [2.45, 2.75) is 11.8 Å². The van der Waals surface area contributed by atoms with E-state index in [-0.39, 0.29) is 0 Å². The Morgan fingerprint density at radius 2 is 1.50 bits per heavy atom. The fraction of sp³-hybridized carbons (Fsp3) is 0.0909. The maximum absolute atomic E-state index is 6.37. The van der Waals surface area contributed by atoms with Crippen LogP contribution in [0.25, 0.3) is 0 Å². The van der Waals surface area contributed by atoms with Crippen LogP contribution in [0.15, 0.2) is 85.6 Å². The van der Waals surface area contributed by atoms with E-state index in [1.807, 2.05) is 54.9 Å². The number of halogens is 1. The standard InChI is InChI=1S/C22H18ClN5/c23-19-7-1-4-16(12-19)22(17-5-2-9-25-14-17,18-6-3-10-26-15-18)13-21-27-11-8-20(24)28-21/h1-12,14-15H,13H2,(H2,24,27,28). The topological polar surface area (TPSA) is 77.6 Å². The molecule has 0 aliphatic rings. The molecule has 0 unspecified atom stereocenters. The van der Waals surface area contributed by atoms with Gasteiger partial charge in [0.1, 0.15) is 11.6 Å². The van der Waals surface area contributed by atoms with Crippen molar-refractivity contribution in [2.75, 3.05) is 5.73 Å². The van der Waals surface area contributed by atoms with Crippen LogP contribution in [-0.2, 0) is 11.8 Å². The van der Waals surface area contributed by atoms with Crippen molar-refractivity contribution >= 4 is 17.4 Å². The summed E-state index contributed by atoms with van der Waals surface area (Å²) in [6.45, 7) is 0. The summed E-state index contributed by atoms with van der Waals surface area (Å²) in [6.07, 6.45) is 9.39. The van der Waals surface area contributed by atoms with Gasteiger partial charge in [-0.1, -0.05) is 35.9 Å². The van der Waals surface area contributed by atoms with Crippen molar-refractivity contribution in [3.8, 4) is 0 Å². The van der Waals surface area contributed by atoms with Gasteiger partial charge in [0.2, 0.25) is 0 Å². The second kappa shape index (κ2) is 7.74. The van der Waals surface area contributed by atoms with E-state index in [0.29, 0.717) is 23.1 Å². The predicted octanol–water partition coefficient (Wildman–Crippen LogP) is 4.08. The summed E-state index contributed by atoms with van der Waals surface area (Å²) in [6, 6.07) is 17.4. The molecule has 3 heterocycles. The summed E-state index contributed by atoms with van der Waals surface area (Å²) in [5.41, 5.74) is 8.30. The second-order valence-electron chi connectivity index (χ2n) is 6.47. The highest BCUT2D eigenvalue weighted by atomic mass is 35.5. The predicted molar refractivity (Wildman–Crippen MR) is 110 cm³/mol. The zero-order valence-electron chi connectivity index (χ0n) is 15.0. The SMILES string of the molecule is Nc1ccnc(CC(c2cccnc2)(c2cccnc2)c2cccc(Cl)c2)n1. The molecule has 0 radical (unpaired) electrons. The van der Waals surface area contributed by atoms with Crippen LogP contribution in [-0.4, -0.2) is 19.9 Å². The molecule has 0 aliphatic carbocycles. The number of anilines is 1. The maximum atomic E-state index is 6.37. The van der Waals surface area contributed by atoms with Crippen molar-refractivity contribution in [2.24, 2.45) is 0 Å². The molecular weight excluding hydrogens is 370 g/mol. The molecule has 0 saturated heterocycles. The van der Waals surface area contributed by atoms with Crippen molar-refractivity contribution < 1.29 is 0 Å². The van der Waals surface area contributed by atoms with Gasteiger partial charge in [-0.15, -0.1) is 0 Å². The average molecular weight is 388 g/mol. The highest BCUT2D eigenvalue weighted by Crippen LogP contribution is 2.41. The van der Waals surface area contributed by atoms with E-state index in [1.165, 1.54) is 0 Å². The molecule has 4 aromatic rings. The Balaban J connectivity index is 2.02. The molecule has 3 aromatic heterocycles. The lowest BCUT2D eigenvalue weighted by Gasteiger charge is -2.35. The molecule has 138 valence electrons. The molecule has 4 rings (SSSR count). The monoisotopic (exact) mass is 387 g/mol.